The smallest absolute Gasteiger partial charge is 0.238 e. The third kappa shape index (κ3) is 0.701. The molecule has 5 aliphatic heterocycles. The van der Waals surface area contributed by atoms with Crippen LogP contribution in [0.15, 0.2) is 24.3 Å². The van der Waals surface area contributed by atoms with Crippen molar-refractivity contribution in [2.75, 3.05) is 20.3 Å². The minimum Gasteiger partial charge on any atom is -0.376 e. The average molecular weight is 219 g/mol. The lowest BCUT2D eigenvalue weighted by atomic mass is 9.70. The Morgan fingerprint density at radius 2 is 2.25 bits per heavy atom. The molecular weight excluding hydrogens is 206 g/mol. The van der Waals surface area contributed by atoms with Crippen molar-refractivity contribution in [3.63, 3.8) is 0 Å². The van der Waals surface area contributed by atoms with Crippen molar-refractivity contribution in [1.29, 1.82) is 0 Å². The zero-order valence-corrected chi connectivity index (χ0v) is 9.05. The van der Waals surface area contributed by atoms with Crippen LogP contribution in [0.5, 0.6) is 0 Å². The molecule has 5 aliphatic rings. The second-order valence-corrected chi connectivity index (χ2v) is 5.06. The van der Waals surface area contributed by atoms with Gasteiger partial charge in [0.15, 0.2) is 0 Å². The van der Waals surface area contributed by atoms with Crippen LogP contribution in [-0.2, 0) is 14.3 Å². The lowest BCUT2D eigenvalue weighted by molar-refractivity contribution is -0.143. The highest BCUT2D eigenvalue weighted by Gasteiger charge is 2.67. The summed E-state index contributed by atoms with van der Waals surface area (Å²) in [4.78, 5) is 14.3. The fourth-order valence-corrected chi connectivity index (χ4v) is 3.38. The van der Waals surface area contributed by atoms with Crippen molar-refractivity contribution in [2.45, 2.75) is 17.7 Å². The van der Waals surface area contributed by atoms with E-state index < -0.39 is 11.0 Å². The van der Waals surface area contributed by atoms with Crippen molar-refractivity contribution in [2.24, 2.45) is 5.41 Å². The van der Waals surface area contributed by atoms with E-state index in [1.807, 2.05) is 19.2 Å². The number of fused-ring (bicyclic) bond motifs is 1. The number of carbonyl (C=O) groups is 1. The zero-order chi connectivity index (χ0) is 11.0. The summed E-state index contributed by atoms with van der Waals surface area (Å²) >= 11 is 0. The Bertz CT molecular complexity index is 442. The van der Waals surface area contributed by atoms with Gasteiger partial charge in [-0.15, -0.1) is 0 Å². The molecular formula is C12H13NO3. The second-order valence-electron chi connectivity index (χ2n) is 5.06. The molecule has 0 aliphatic carbocycles. The van der Waals surface area contributed by atoms with Crippen molar-refractivity contribution < 1.29 is 14.3 Å². The van der Waals surface area contributed by atoms with Gasteiger partial charge < -0.3 is 14.4 Å². The second kappa shape index (κ2) is 2.41. The first-order valence-electron chi connectivity index (χ1n) is 5.60. The van der Waals surface area contributed by atoms with E-state index in [-0.39, 0.29) is 18.1 Å². The fourth-order valence-electron chi connectivity index (χ4n) is 3.38. The zero-order valence-electron chi connectivity index (χ0n) is 9.05. The molecule has 5 heterocycles. The number of amides is 1. The number of carbonyl (C=O) groups excluding carboxylic acids is 1. The molecule has 84 valence electrons. The van der Waals surface area contributed by atoms with Crippen LogP contribution in [0.25, 0.3) is 0 Å². The highest BCUT2D eigenvalue weighted by atomic mass is 16.6. The summed E-state index contributed by atoms with van der Waals surface area (Å²) in [6.45, 7) is 0.910. The Hall–Kier alpha value is -1.13. The molecule has 2 saturated heterocycles. The lowest BCUT2D eigenvalue weighted by Crippen LogP contribution is -2.56. The maximum Gasteiger partial charge on any atom is 0.238 e. The number of ether oxygens (including phenoxy) is 2. The molecule has 0 aromatic heterocycles. The lowest BCUT2D eigenvalue weighted by Gasteiger charge is -2.39. The van der Waals surface area contributed by atoms with E-state index in [1.54, 1.807) is 4.90 Å². The summed E-state index contributed by atoms with van der Waals surface area (Å²) in [5, 5.41) is 0. The van der Waals surface area contributed by atoms with Gasteiger partial charge in [-0.3, -0.25) is 4.79 Å². The number of rotatable bonds is 0. The van der Waals surface area contributed by atoms with Crippen molar-refractivity contribution >= 4 is 5.91 Å². The molecule has 0 N–H and O–H groups in total. The Balaban J connectivity index is 2.02. The Kier molecular flexibility index (Phi) is 1.35. The summed E-state index contributed by atoms with van der Waals surface area (Å²) in [5.74, 6) is 0.129. The van der Waals surface area contributed by atoms with Crippen LogP contribution >= 0.6 is 0 Å². The fraction of sp³-hybridized carbons (Fsp3) is 0.583. The molecule has 2 spiro atoms. The molecule has 5 rings (SSSR count). The maximum atomic E-state index is 12.5. The van der Waals surface area contributed by atoms with Gasteiger partial charge in [0, 0.05) is 7.05 Å². The highest BCUT2D eigenvalue weighted by Crippen LogP contribution is 2.53. The third-order valence-corrected chi connectivity index (χ3v) is 4.37. The van der Waals surface area contributed by atoms with Crippen LogP contribution in [0, 0.1) is 5.41 Å². The van der Waals surface area contributed by atoms with Gasteiger partial charge in [-0.25, -0.2) is 0 Å². The van der Waals surface area contributed by atoms with Crippen molar-refractivity contribution in [3.8, 4) is 0 Å². The average Bonchev–Trinajstić information content (AvgIpc) is 2.79. The summed E-state index contributed by atoms with van der Waals surface area (Å²) in [6.07, 6.45) is 8.19. The molecule has 0 unspecified atom stereocenters. The van der Waals surface area contributed by atoms with Crippen LogP contribution < -0.4 is 0 Å². The highest BCUT2D eigenvalue weighted by molar-refractivity contribution is 5.90. The first-order chi connectivity index (χ1) is 7.69. The predicted octanol–water partition coefficient (Wildman–Crippen LogP) is 0.107. The van der Waals surface area contributed by atoms with E-state index in [0.29, 0.717) is 13.2 Å². The van der Waals surface area contributed by atoms with E-state index >= 15 is 0 Å². The number of nitrogens with zero attached hydrogens (tertiary/aromatic N) is 1. The molecule has 0 saturated carbocycles. The number of hydrogen-bond acceptors (Lipinski definition) is 3. The quantitative estimate of drug-likeness (QED) is 0.543. The van der Waals surface area contributed by atoms with Gasteiger partial charge in [-0.05, 0) is 0 Å². The Morgan fingerprint density at radius 1 is 1.38 bits per heavy atom. The van der Waals surface area contributed by atoms with Crippen LogP contribution in [0.2, 0.25) is 0 Å². The van der Waals surface area contributed by atoms with Crippen LogP contribution in [0.1, 0.15) is 0 Å². The largest absolute Gasteiger partial charge is 0.376 e. The van der Waals surface area contributed by atoms with Crippen LogP contribution in [-0.4, -0.2) is 48.8 Å². The van der Waals surface area contributed by atoms with Crippen molar-refractivity contribution in [3.05, 3.63) is 24.3 Å². The summed E-state index contributed by atoms with van der Waals surface area (Å²) in [7, 11) is 1.85. The molecule has 0 aromatic carbocycles. The van der Waals surface area contributed by atoms with Gasteiger partial charge in [-0.2, -0.15) is 0 Å². The van der Waals surface area contributed by atoms with Crippen LogP contribution in [0.3, 0.4) is 0 Å². The first kappa shape index (κ1) is 8.96. The maximum absolute atomic E-state index is 12.5. The van der Waals surface area contributed by atoms with Gasteiger partial charge in [0.1, 0.15) is 17.1 Å². The predicted molar refractivity (Wildman–Crippen MR) is 55.7 cm³/mol. The topological polar surface area (TPSA) is 38.8 Å². The number of likely N-dealkylation sites (N-methyl/N-ethyl adjacent to an activating group) is 1. The van der Waals surface area contributed by atoms with Gasteiger partial charge in [0.2, 0.25) is 5.91 Å². The van der Waals surface area contributed by atoms with Gasteiger partial charge in [0.05, 0.1) is 19.3 Å². The standard InChI is InChI=1S/C12H13NO3/c1-13-8-2-4-11(10(13)14)6-15-7-12(11)5-3-9(8)16-12/h2-5,8-9H,6-7H2,1H3/t8-,9+,11+,12+/m0/s1. The van der Waals surface area contributed by atoms with E-state index in [0.717, 1.165) is 0 Å². The molecule has 2 fully saturated rings. The monoisotopic (exact) mass is 219 g/mol. The van der Waals surface area contributed by atoms with E-state index in [2.05, 4.69) is 12.2 Å². The summed E-state index contributed by atoms with van der Waals surface area (Å²) in [5.41, 5.74) is -1.18. The SMILES string of the molecule is CN1C(=O)[C@]23C=C[C@H]1[C@H]1C=C[C@]2(COC3)O1. The molecule has 0 aromatic rings. The molecule has 4 atom stereocenters. The van der Waals surface area contributed by atoms with Gasteiger partial charge in [0.25, 0.3) is 0 Å². The van der Waals surface area contributed by atoms with Gasteiger partial charge in [-0.1, -0.05) is 24.3 Å². The van der Waals surface area contributed by atoms with E-state index in [9.17, 15) is 4.79 Å². The van der Waals surface area contributed by atoms with Gasteiger partial charge >= 0.3 is 0 Å². The molecule has 0 radical (unpaired) electrons. The minimum absolute atomic E-state index is 0.0173. The summed E-state index contributed by atoms with van der Waals surface area (Å²) < 4.78 is 11.6. The first-order valence-corrected chi connectivity index (χ1v) is 5.60. The van der Waals surface area contributed by atoms with Crippen LogP contribution in [0.4, 0.5) is 0 Å². The third-order valence-electron chi connectivity index (χ3n) is 4.37. The minimum atomic E-state index is -0.625. The molecule has 4 heteroatoms. The Labute approximate surface area is 93.5 Å². The molecule has 4 nitrogen and oxygen atoms in total. The molecule has 4 bridgehead atoms. The molecule has 1 amide bonds. The molecule has 16 heavy (non-hydrogen) atoms. The normalized spacial score (nSPS) is 52.3. The Morgan fingerprint density at radius 3 is 3.12 bits per heavy atom. The summed E-state index contributed by atoms with van der Waals surface area (Å²) in [6, 6.07) is 0.0411. The van der Waals surface area contributed by atoms with Crippen molar-refractivity contribution in [1.82, 2.24) is 4.90 Å². The number of hydrogen-bond donors (Lipinski definition) is 0. The van der Waals surface area contributed by atoms with E-state index in [4.69, 9.17) is 9.47 Å². The van der Waals surface area contributed by atoms with E-state index in [1.165, 1.54) is 0 Å².